The van der Waals surface area contributed by atoms with E-state index in [2.05, 4.69) is 29.2 Å². The third kappa shape index (κ3) is 8.98. The molecule has 1 aliphatic rings. The van der Waals surface area contributed by atoms with Crippen molar-refractivity contribution in [1.82, 2.24) is 5.32 Å². The molecule has 0 unspecified atom stereocenters. The van der Waals surface area contributed by atoms with Gasteiger partial charge in [0, 0.05) is 19.2 Å². The summed E-state index contributed by atoms with van der Waals surface area (Å²) in [7, 11) is -3.93. The Hall–Kier alpha value is -3.61. The summed E-state index contributed by atoms with van der Waals surface area (Å²) in [5.74, 6) is -2.55. The summed E-state index contributed by atoms with van der Waals surface area (Å²) in [4.78, 5) is 33.1. The normalized spacial score (nSPS) is 14.1. The SMILES string of the molecule is CC(=O)Nc1ccc(C)cc1S(=O)(=O)Nc1ccc(C2(C(=O)NCCC(C)C)CC2)cc1.O=C(O)C(F)(F)F. The van der Waals surface area contributed by atoms with Gasteiger partial charge >= 0.3 is 12.1 Å². The molecule has 3 rings (SSSR count). The van der Waals surface area contributed by atoms with Crippen LogP contribution >= 0.6 is 0 Å². The quantitative estimate of drug-likeness (QED) is 0.347. The number of rotatable bonds is 9. The van der Waals surface area contributed by atoms with Crippen molar-refractivity contribution in [1.29, 1.82) is 0 Å². The lowest BCUT2D eigenvalue weighted by Crippen LogP contribution is -2.35. The fourth-order valence-corrected chi connectivity index (χ4v) is 4.93. The molecule has 2 aromatic carbocycles. The number of anilines is 2. The van der Waals surface area contributed by atoms with Crippen LogP contribution < -0.4 is 15.4 Å². The molecule has 4 N–H and O–H groups in total. The summed E-state index contributed by atoms with van der Waals surface area (Å²) in [5.41, 5.74) is 1.75. The van der Waals surface area contributed by atoms with Crippen LogP contribution in [0.5, 0.6) is 0 Å². The number of carboxylic acid groups (broad SMARTS) is 1. The molecule has 1 fully saturated rings. The average molecular weight is 572 g/mol. The van der Waals surface area contributed by atoms with Gasteiger partial charge in [0.1, 0.15) is 4.90 Å². The smallest absolute Gasteiger partial charge is 0.475 e. The maximum atomic E-state index is 13.0. The van der Waals surface area contributed by atoms with E-state index in [9.17, 15) is 31.2 Å². The third-order valence-corrected chi connectivity index (χ3v) is 7.28. The van der Waals surface area contributed by atoms with E-state index < -0.39 is 27.6 Å². The van der Waals surface area contributed by atoms with E-state index in [1.807, 2.05) is 0 Å². The van der Waals surface area contributed by atoms with E-state index >= 15 is 0 Å². The van der Waals surface area contributed by atoms with Crippen LogP contribution in [0.2, 0.25) is 0 Å². The Balaban J connectivity index is 0.000000673. The minimum atomic E-state index is -5.08. The third-order valence-electron chi connectivity index (χ3n) is 5.86. The van der Waals surface area contributed by atoms with Gasteiger partial charge in [-0.2, -0.15) is 13.2 Å². The van der Waals surface area contributed by atoms with Crippen LogP contribution in [0, 0.1) is 12.8 Å². The summed E-state index contributed by atoms with van der Waals surface area (Å²) in [5, 5.41) is 12.7. The average Bonchev–Trinajstić information content (AvgIpc) is 3.62. The van der Waals surface area contributed by atoms with Crippen LogP contribution in [-0.2, 0) is 29.8 Å². The summed E-state index contributed by atoms with van der Waals surface area (Å²) in [6.07, 6.45) is -2.58. The van der Waals surface area contributed by atoms with Crippen molar-refractivity contribution in [3.05, 3.63) is 53.6 Å². The summed E-state index contributed by atoms with van der Waals surface area (Å²) < 4.78 is 60.3. The first-order valence-corrected chi connectivity index (χ1v) is 13.6. The first-order valence-electron chi connectivity index (χ1n) is 12.1. The Morgan fingerprint density at radius 3 is 2.08 bits per heavy atom. The lowest BCUT2D eigenvalue weighted by molar-refractivity contribution is -0.192. The Bertz CT molecular complexity index is 1310. The number of aryl methyl sites for hydroxylation is 1. The summed E-state index contributed by atoms with van der Waals surface area (Å²) >= 11 is 0. The Morgan fingerprint density at radius 1 is 1.05 bits per heavy atom. The van der Waals surface area contributed by atoms with E-state index in [4.69, 9.17) is 9.90 Å². The minimum absolute atomic E-state index is 0.0000278. The number of hydrogen-bond donors (Lipinski definition) is 4. The zero-order valence-corrected chi connectivity index (χ0v) is 22.8. The molecule has 39 heavy (non-hydrogen) atoms. The van der Waals surface area contributed by atoms with Crippen LogP contribution in [0.4, 0.5) is 24.5 Å². The maximum Gasteiger partial charge on any atom is 0.490 e. The minimum Gasteiger partial charge on any atom is -0.475 e. The first kappa shape index (κ1) is 31.6. The second-order valence-electron chi connectivity index (χ2n) is 9.69. The topological polar surface area (TPSA) is 142 Å². The molecule has 0 radical (unpaired) electrons. The maximum absolute atomic E-state index is 13.0. The van der Waals surface area contributed by atoms with Crippen molar-refractivity contribution in [3.8, 4) is 0 Å². The van der Waals surface area contributed by atoms with E-state index in [-0.39, 0.29) is 22.4 Å². The van der Waals surface area contributed by atoms with Crippen LogP contribution in [-0.4, -0.2) is 44.0 Å². The molecule has 1 saturated carbocycles. The Kier molecular flexibility index (Phi) is 10.1. The number of carbonyl (C=O) groups excluding carboxylic acids is 2. The highest BCUT2D eigenvalue weighted by Gasteiger charge is 2.51. The summed E-state index contributed by atoms with van der Waals surface area (Å²) in [6, 6.07) is 11.8. The van der Waals surface area contributed by atoms with Crippen LogP contribution in [0.1, 0.15) is 51.2 Å². The molecule has 0 spiro atoms. The first-order chi connectivity index (χ1) is 18.0. The van der Waals surface area contributed by atoms with Gasteiger partial charge in [0.05, 0.1) is 11.1 Å². The van der Waals surface area contributed by atoms with Crippen LogP contribution in [0.3, 0.4) is 0 Å². The number of alkyl halides is 3. The van der Waals surface area contributed by atoms with Crippen molar-refractivity contribution < 1.29 is 41.1 Å². The monoisotopic (exact) mass is 571 g/mol. The molecule has 9 nitrogen and oxygen atoms in total. The van der Waals surface area contributed by atoms with Gasteiger partial charge in [0.25, 0.3) is 10.0 Å². The van der Waals surface area contributed by atoms with Crippen molar-refractivity contribution >= 4 is 39.2 Å². The van der Waals surface area contributed by atoms with E-state index in [1.54, 1.807) is 43.3 Å². The van der Waals surface area contributed by atoms with Crippen LogP contribution in [0.25, 0.3) is 0 Å². The predicted molar refractivity (Wildman–Crippen MR) is 140 cm³/mol. The Labute approximate surface area is 225 Å². The van der Waals surface area contributed by atoms with Crippen molar-refractivity contribution in [3.63, 3.8) is 0 Å². The standard InChI is InChI=1S/C24H31N3O4S.C2HF3O2/c1-16(2)11-14-25-23(29)24(12-13-24)19-6-8-20(9-7-19)27-32(30,31)22-15-17(3)5-10-21(22)26-18(4)28;3-2(4,5)1(6)7/h5-10,15-16,27H,11-14H2,1-4H3,(H,25,29)(H,26,28);(H,6,7). The van der Waals surface area contributed by atoms with Gasteiger partial charge in [-0.25, -0.2) is 13.2 Å². The van der Waals surface area contributed by atoms with Gasteiger partial charge in [0.2, 0.25) is 11.8 Å². The highest BCUT2D eigenvalue weighted by atomic mass is 32.2. The fraction of sp³-hybridized carbons (Fsp3) is 0.423. The van der Waals surface area contributed by atoms with Gasteiger partial charge in [-0.1, -0.05) is 32.0 Å². The fourth-order valence-electron chi connectivity index (χ4n) is 3.63. The van der Waals surface area contributed by atoms with E-state index in [0.29, 0.717) is 18.2 Å². The van der Waals surface area contributed by atoms with E-state index in [1.165, 1.54) is 13.0 Å². The number of benzene rings is 2. The molecule has 13 heteroatoms. The van der Waals surface area contributed by atoms with Gasteiger partial charge in [-0.3, -0.25) is 14.3 Å². The van der Waals surface area contributed by atoms with Crippen molar-refractivity contribution in [2.24, 2.45) is 5.92 Å². The molecule has 0 heterocycles. The molecule has 2 amide bonds. The van der Waals surface area contributed by atoms with Gasteiger partial charge in [-0.05, 0) is 67.5 Å². The molecule has 0 aromatic heterocycles. The molecular formula is C26H32F3N3O6S. The summed E-state index contributed by atoms with van der Waals surface area (Å²) in [6.45, 7) is 8.01. The van der Waals surface area contributed by atoms with Gasteiger partial charge in [0.15, 0.2) is 0 Å². The molecule has 0 atom stereocenters. The van der Waals surface area contributed by atoms with Gasteiger partial charge < -0.3 is 15.7 Å². The zero-order valence-electron chi connectivity index (χ0n) is 22.0. The zero-order chi connectivity index (χ0) is 29.6. The molecule has 214 valence electrons. The number of aliphatic carboxylic acids is 1. The number of hydrogen-bond acceptors (Lipinski definition) is 5. The lowest BCUT2D eigenvalue weighted by atomic mass is 9.94. The molecule has 2 aromatic rings. The second-order valence-corrected chi connectivity index (χ2v) is 11.3. The number of nitrogens with one attached hydrogen (secondary N) is 3. The molecular weight excluding hydrogens is 539 g/mol. The number of sulfonamides is 1. The Morgan fingerprint density at radius 2 is 1.62 bits per heavy atom. The predicted octanol–water partition coefficient (Wildman–Crippen LogP) is 4.58. The highest BCUT2D eigenvalue weighted by molar-refractivity contribution is 7.92. The molecule has 0 aliphatic heterocycles. The van der Waals surface area contributed by atoms with Crippen LogP contribution in [0.15, 0.2) is 47.4 Å². The number of amides is 2. The van der Waals surface area contributed by atoms with E-state index in [0.717, 1.165) is 30.4 Å². The number of carbonyl (C=O) groups is 3. The number of halogens is 3. The largest absolute Gasteiger partial charge is 0.490 e. The lowest BCUT2D eigenvalue weighted by Gasteiger charge is -2.17. The number of carboxylic acids is 1. The van der Waals surface area contributed by atoms with Crippen molar-refractivity contribution in [2.75, 3.05) is 16.6 Å². The van der Waals surface area contributed by atoms with Gasteiger partial charge in [-0.15, -0.1) is 0 Å². The molecule has 0 saturated heterocycles. The molecule has 0 bridgehead atoms. The highest BCUT2D eigenvalue weighted by Crippen LogP contribution is 2.48. The van der Waals surface area contributed by atoms with Crippen molar-refractivity contribution in [2.45, 2.75) is 63.4 Å². The molecule has 1 aliphatic carbocycles. The second kappa shape index (κ2) is 12.5.